The number of aryl methyl sites for hydroxylation is 2. The highest BCUT2D eigenvalue weighted by Gasteiger charge is 2.22. The normalized spacial score (nSPS) is 15.3. The predicted molar refractivity (Wildman–Crippen MR) is 105 cm³/mol. The average Bonchev–Trinajstić information content (AvgIpc) is 3.14. The number of pyridine rings is 1. The highest BCUT2D eigenvalue weighted by atomic mass is 16.1. The summed E-state index contributed by atoms with van der Waals surface area (Å²) < 4.78 is 1.87. The second-order valence-corrected chi connectivity index (χ2v) is 7.05. The van der Waals surface area contributed by atoms with Crippen LogP contribution in [0.1, 0.15) is 36.9 Å². The van der Waals surface area contributed by atoms with Gasteiger partial charge in [-0.15, -0.1) is 0 Å². The van der Waals surface area contributed by atoms with E-state index in [1.165, 1.54) is 11.6 Å². The number of H-pyrrole nitrogens is 1. The minimum absolute atomic E-state index is 0.126. The fourth-order valence-electron chi connectivity index (χ4n) is 3.63. The maximum atomic E-state index is 11.8. The van der Waals surface area contributed by atoms with Crippen molar-refractivity contribution in [2.45, 2.75) is 32.1 Å². The Hall–Kier alpha value is -2.96. The van der Waals surface area contributed by atoms with E-state index in [1.54, 1.807) is 6.20 Å². The first-order chi connectivity index (χ1) is 13.1. The molecule has 1 aliphatic heterocycles. The maximum absolute atomic E-state index is 11.8. The van der Waals surface area contributed by atoms with Crippen LogP contribution < -0.4 is 10.5 Å². The van der Waals surface area contributed by atoms with Crippen LogP contribution in [0.25, 0.3) is 11.4 Å². The Morgan fingerprint density at radius 3 is 2.67 bits per heavy atom. The number of hydrogen-bond donors (Lipinski definition) is 1. The summed E-state index contributed by atoms with van der Waals surface area (Å²) in [4.78, 5) is 26.0. The van der Waals surface area contributed by atoms with E-state index in [4.69, 9.17) is 0 Å². The lowest BCUT2D eigenvalue weighted by atomic mass is 9.91. The Kier molecular flexibility index (Phi) is 4.75. The highest BCUT2D eigenvalue weighted by Crippen LogP contribution is 2.29. The summed E-state index contributed by atoms with van der Waals surface area (Å²) in [5, 5.41) is 4.29. The van der Waals surface area contributed by atoms with Gasteiger partial charge < -0.3 is 9.88 Å². The quantitative estimate of drug-likeness (QED) is 0.769. The highest BCUT2D eigenvalue weighted by molar-refractivity contribution is 5.56. The molecule has 1 saturated heterocycles. The second-order valence-electron chi connectivity index (χ2n) is 7.05. The zero-order valence-electron chi connectivity index (χ0n) is 15.7. The molecule has 0 atom stereocenters. The van der Waals surface area contributed by atoms with Crippen LogP contribution in [0.5, 0.6) is 0 Å². The van der Waals surface area contributed by atoms with Gasteiger partial charge in [-0.05, 0) is 42.9 Å². The molecule has 27 heavy (non-hydrogen) atoms. The first kappa shape index (κ1) is 17.5. The molecule has 0 saturated carbocycles. The molecule has 140 valence electrons. The van der Waals surface area contributed by atoms with Gasteiger partial charge in [0.1, 0.15) is 11.6 Å². The van der Waals surface area contributed by atoms with Gasteiger partial charge in [-0.3, -0.25) is 9.48 Å². The Labute approximate surface area is 158 Å². The van der Waals surface area contributed by atoms with Crippen molar-refractivity contribution in [3.05, 3.63) is 58.4 Å². The van der Waals surface area contributed by atoms with Crippen molar-refractivity contribution in [2.75, 3.05) is 18.0 Å². The third-order valence-electron chi connectivity index (χ3n) is 5.19. The van der Waals surface area contributed by atoms with Crippen molar-refractivity contribution >= 4 is 5.82 Å². The van der Waals surface area contributed by atoms with Gasteiger partial charge in [-0.1, -0.05) is 6.92 Å². The standard InChI is InChI=1S/C20H24N6O/c1-3-17-10-19(27)24-20(23-17)15-4-5-18(21-11-15)26-8-6-14(7-9-26)16-12-22-25(2)13-16/h4-5,10-14H,3,6-9H2,1-2H3,(H,23,24,27). The molecule has 7 nitrogen and oxygen atoms in total. The molecule has 0 amide bonds. The van der Waals surface area contributed by atoms with Crippen molar-refractivity contribution in [2.24, 2.45) is 7.05 Å². The maximum Gasteiger partial charge on any atom is 0.251 e. The SMILES string of the molecule is CCc1cc(=O)[nH]c(-c2ccc(N3CCC(c4cnn(C)c4)CC3)nc2)n1. The molecule has 0 aliphatic carbocycles. The Morgan fingerprint density at radius 2 is 2.04 bits per heavy atom. The number of rotatable bonds is 4. The van der Waals surface area contributed by atoms with Gasteiger partial charge in [0.25, 0.3) is 5.56 Å². The van der Waals surface area contributed by atoms with Gasteiger partial charge in [-0.25, -0.2) is 9.97 Å². The minimum atomic E-state index is -0.126. The van der Waals surface area contributed by atoms with Crippen molar-refractivity contribution in [1.82, 2.24) is 24.7 Å². The van der Waals surface area contributed by atoms with Crippen LogP contribution in [-0.2, 0) is 13.5 Å². The summed E-state index contributed by atoms with van der Waals surface area (Å²) in [7, 11) is 1.96. The summed E-state index contributed by atoms with van der Waals surface area (Å²) in [6.45, 7) is 3.95. The van der Waals surface area contributed by atoms with Crippen LogP contribution >= 0.6 is 0 Å². The molecule has 0 bridgehead atoms. The molecule has 4 rings (SSSR count). The van der Waals surface area contributed by atoms with E-state index in [9.17, 15) is 4.79 Å². The van der Waals surface area contributed by atoms with Crippen LogP contribution in [0, 0.1) is 0 Å². The van der Waals surface area contributed by atoms with Crippen molar-refractivity contribution in [1.29, 1.82) is 0 Å². The number of hydrogen-bond acceptors (Lipinski definition) is 5. The molecule has 0 spiro atoms. The molecule has 7 heteroatoms. The van der Waals surface area contributed by atoms with Crippen LogP contribution in [0.4, 0.5) is 5.82 Å². The van der Waals surface area contributed by atoms with Gasteiger partial charge in [0, 0.05) is 49.9 Å². The van der Waals surface area contributed by atoms with Gasteiger partial charge >= 0.3 is 0 Å². The van der Waals surface area contributed by atoms with Gasteiger partial charge in [0.05, 0.1) is 6.20 Å². The Bertz CT molecular complexity index is 967. The van der Waals surface area contributed by atoms with Crippen molar-refractivity contribution < 1.29 is 0 Å². The number of anilines is 1. The molecule has 0 aromatic carbocycles. The van der Waals surface area contributed by atoms with E-state index in [2.05, 4.69) is 31.1 Å². The number of aromatic nitrogens is 5. The monoisotopic (exact) mass is 364 g/mol. The third kappa shape index (κ3) is 3.77. The topological polar surface area (TPSA) is 79.7 Å². The van der Waals surface area contributed by atoms with E-state index in [1.807, 2.05) is 37.0 Å². The van der Waals surface area contributed by atoms with E-state index >= 15 is 0 Å². The molecule has 1 fully saturated rings. The Morgan fingerprint density at radius 1 is 1.22 bits per heavy atom. The molecule has 1 aliphatic rings. The van der Waals surface area contributed by atoms with Crippen LogP contribution in [0.2, 0.25) is 0 Å². The molecule has 3 aromatic heterocycles. The number of piperidine rings is 1. The van der Waals surface area contributed by atoms with Crippen LogP contribution in [0.15, 0.2) is 41.6 Å². The molecule has 0 radical (unpaired) electrons. The summed E-state index contributed by atoms with van der Waals surface area (Å²) in [6.07, 6.45) is 8.82. The van der Waals surface area contributed by atoms with Crippen molar-refractivity contribution in [3.8, 4) is 11.4 Å². The van der Waals surface area contributed by atoms with Gasteiger partial charge in [-0.2, -0.15) is 5.10 Å². The fraction of sp³-hybridized carbons (Fsp3) is 0.400. The van der Waals surface area contributed by atoms with E-state index in [-0.39, 0.29) is 5.56 Å². The smallest absolute Gasteiger partial charge is 0.251 e. The summed E-state index contributed by atoms with van der Waals surface area (Å²) >= 11 is 0. The molecule has 3 aromatic rings. The fourth-order valence-corrected chi connectivity index (χ4v) is 3.63. The lowest BCUT2D eigenvalue weighted by molar-refractivity contribution is 0.502. The van der Waals surface area contributed by atoms with E-state index in [0.717, 1.165) is 49.4 Å². The third-order valence-corrected chi connectivity index (χ3v) is 5.19. The molecule has 4 heterocycles. The van der Waals surface area contributed by atoms with E-state index < -0.39 is 0 Å². The number of aromatic amines is 1. The number of nitrogens with one attached hydrogen (secondary N) is 1. The second kappa shape index (κ2) is 7.34. The van der Waals surface area contributed by atoms with Crippen molar-refractivity contribution in [3.63, 3.8) is 0 Å². The van der Waals surface area contributed by atoms with Gasteiger partial charge in [0.15, 0.2) is 0 Å². The average molecular weight is 364 g/mol. The van der Waals surface area contributed by atoms with Crippen LogP contribution in [0.3, 0.4) is 0 Å². The largest absolute Gasteiger partial charge is 0.357 e. The predicted octanol–water partition coefficient (Wildman–Crippen LogP) is 2.51. The zero-order chi connectivity index (χ0) is 18.8. The molecule has 1 N–H and O–H groups in total. The first-order valence-electron chi connectivity index (χ1n) is 9.42. The number of nitrogens with zero attached hydrogens (tertiary/aromatic N) is 5. The first-order valence-corrected chi connectivity index (χ1v) is 9.42. The lowest BCUT2D eigenvalue weighted by Gasteiger charge is -2.32. The van der Waals surface area contributed by atoms with Gasteiger partial charge in [0.2, 0.25) is 0 Å². The zero-order valence-corrected chi connectivity index (χ0v) is 15.7. The summed E-state index contributed by atoms with van der Waals surface area (Å²) in [5.74, 6) is 2.12. The van der Waals surface area contributed by atoms with Crippen LogP contribution in [-0.4, -0.2) is 37.8 Å². The molecular weight excluding hydrogens is 340 g/mol. The summed E-state index contributed by atoms with van der Waals surface area (Å²) in [5.41, 5.74) is 2.82. The molecular formula is C20H24N6O. The Balaban J connectivity index is 1.45. The summed E-state index contributed by atoms with van der Waals surface area (Å²) in [6, 6.07) is 5.53. The van der Waals surface area contributed by atoms with E-state index in [0.29, 0.717) is 11.7 Å². The molecule has 0 unspecified atom stereocenters. The lowest BCUT2D eigenvalue weighted by Crippen LogP contribution is -2.33. The minimum Gasteiger partial charge on any atom is -0.357 e.